The molecule has 0 spiro atoms. The van der Waals surface area contributed by atoms with Gasteiger partial charge in [-0.15, -0.1) is 10.2 Å². The van der Waals surface area contributed by atoms with Gasteiger partial charge in [-0.05, 0) is 24.6 Å². The number of rotatable bonds is 7. The number of hydrogen-bond donors (Lipinski definition) is 1. The third-order valence-electron chi connectivity index (χ3n) is 2.79. The molecule has 0 radical (unpaired) electrons. The normalized spacial score (nSPS) is 10.5. The third kappa shape index (κ3) is 4.96. The molecule has 2 aromatic rings. The van der Waals surface area contributed by atoms with Gasteiger partial charge in [-0.3, -0.25) is 4.79 Å². The van der Waals surface area contributed by atoms with Crippen molar-refractivity contribution in [2.45, 2.75) is 17.8 Å². The van der Waals surface area contributed by atoms with Crippen molar-refractivity contribution in [2.24, 2.45) is 0 Å². The molecule has 1 heterocycles. The number of amides is 1. The Bertz CT molecular complexity index is 635. The molecular formula is C14H17FN4OS2. The van der Waals surface area contributed by atoms with Crippen LogP contribution >= 0.6 is 23.1 Å². The van der Waals surface area contributed by atoms with E-state index in [1.54, 1.807) is 24.1 Å². The van der Waals surface area contributed by atoms with E-state index in [2.05, 4.69) is 15.5 Å². The Balaban J connectivity index is 1.83. The van der Waals surface area contributed by atoms with Crippen LogP contribution in [0.15, 0.2) is 28.6 Å². The van der Waals surface area contributed by atoms with Crippen molar-refractivity contribution in [1.29, 1.82) is 0 Å². The minimum absolute atomic E-state index is 0.0329. The van der Waals surface area contributed by atoms with Gasteiger partial charge < -0.3 is 10.2 Å². The maximum Gasteiger partial charge on any atom is 0.233 e. The Morgan fingerprint density at radius 1 is 1.45 bits per heavy atom. The molecular weight excluding hydrogens is 323 g/mol. The van der Waals surface area contributed by atoms with Gasteiger partial charge in [0.2, 0.25) is 11.0 Å². The molecule has 0 saturated heterocycles. The molecule has 0 unspecified atom stereocenters. The largest absolute Gasteiger partial charge is 0.360 e. The predicted molar refractivity (Wildman–Crippen MR) is 87.7 cm³/mol. The van der Waals surface area contributed by atoms with Gasteiger partial charge in [0.1, 0.15) is 5.82 Å². The van der Waals surface area contributed by atoms with E-state index >= 15 is 0 Å². The van der Waals surface area contributed by atoms with Gasteiger partial charge in [-0.25, -0.2) is 4.39 Å². The average Bonchev–Trinajstić information content (AvgIpc) is 2.93. The zero-order valence-electron chi connectivity index (χ0n) is 12.4. The molecule has 1 N–H and O–H groups in total. The summed E-state index contributed by atoms with van der Waals surface area (Å²) in [6, 6.07) is 6.26. The molecule has 0 atom stereocenters. The van der Waals surface area contributed by atoms with Crippen molar-refractivity contribution >= 4 is 34.1 Å². The molecule has 0 aliphatic carbocycles. The van der Waals surface area contributed by atoms with Crippen molar-refractivity contribution in [3.8, 4) is 0 Å². The van der Waals surface area contributed by atoms with Crippen LogP contribution in [0.5, 0.6) is 0 Å². The minimum Gasteiger partial charge on any atom is -0.360 e. The summed E-state index contributed by atoms with van der Waals surface area (Å²) < 4.78 is 13.9. The van der Waals surface area contributed by atoms with Crippen LogP contribution in [-0.4, -0.2) is 40.3 Å². The van der Waals surface area contributed by atoms with Crippen LogP contribution in [0.3, 0.4) is 0 Å². The monoisotopic (exact) mass is 340 g/mol. The molecule has 1 aromatic heterocycles. The van der Waals surface area contributed by atoms with Gasteiger partial charge in [0.15, 0.2) is 4.34 Å². The quantitative estimate of drug-likeness (QED) is 0.786. The Labute approximate surface area is 136 Å². The average molecular weight is 340 g/mol. The first kappa shape index (κ1) is 16.7. The number of halogens is 1. The van der Waals surface area contributed by atoms with Gasteiger partial charge in [-0.2, -0.15) is 0 Å². The second kappa shape index (κ2) is 8.09. The summed E-state index contributed by atoms with van der Waals surface area (Å²) in [5, 5.41) is 11.8. The summed E-state index contributed by atoms with van der Waals surface area (Å²) in [6.45, 7) is 3.16. The van der Waals surface area contributed by atoms with Gasteiger partial charge >= 0.3 is 0 Å². The molecule has 0 bridgehead atoms. The fourth-order valence-corrected chi connectivity index (χ4v) is 3.48. The Morgan fingerprint density at radius 3 is 3.00 bits per heavy atom. The van der Waals surface area contributed by atoms with E-state index in [-0.39, 0.29) is 17.5 Å². The number of aromatic nitrogens is 2. The summed E-state index contributed by atoms with van der Waals surface area (Å²) in [4.78, 5) is 13.7. The van der Waals surface area contributed by atoms with E-state index in [4.69, 9.17) is 0 Å². The lowest BCUT2D eigenvalue weighted by atomic mass is 10.2. The first-order valence-electron chi connectivity index (χ1n) is 6.77. The Kier molecular flexibility index (Phi) is 6.14. The van der Waals surface area contributed by atoms with Crippen LogP contribution < -0.4 is 5.32 Å². The number of nitrogens with one attached hydrogen (secondary N) is 1. The van der Waals surface area contributed by atoms with Crippen LogP contribution in [0.25, 0.3) is 0 Å². The summed E-state index contributed by atoms with van der Waals surface area (Å²) >= 11 is 2.78. The Morgan fingerprint density at radius 2 is 2.27 bits per heavy atom. The summed E-state index contributed by atoms with van der Waals surface area (Å²) in [7, 11) is 1.71. The number of hydrogen-bond acceptors (Lipinski definition) is 6. The number of anilines is 1. The number of thioether (sulfide) groups is 1. The summed E-state index contributed by atoms with van der Waals surface area (Å²) in [5.74, 6) is -0.0426. The number of carbonyl (C=O) groups is 1. The molecule has 118 valence electrons. The van der Waals surface area contributed by atoms with Gasteiger partial charge in [0.25, 0.3) is 0 Å². The molecule has 8 heteroatoms. The van der Waals surface area contributed by atoms with E-state index in [1.165, 1.54) is 35.2 Å². The van der Waals surface area contributed by atoms with Gasteiger partial charge in [0, 0.05) is 20.1 Å². The van der Waals surface area contributed by atoms with Crippen molar-refractivity contribution in [2.75, 3.05) is 24.7 Å². The van der Waals surface area contributed by atoms with Crippen LogP contribution in [-0.2, 0) is 11.3 Å². The van der Waals surface area contributed by atoms with Crippen molar-refractivity contribution in [3.63, 3.8) is 0 Å². The molecule has 0 aliphatic rings. The van der Waals surface area contributed by atoms with E-state index in [9.17, 15) is 9.18 Å². The van der Waals surface area contributed by atoms with Gasteiger partial charge in [0.05, 0.1) is 5.75 Å². The zero-order chi connectivity index (χ0) is 15.9. The van der Waals surface area contributed by atoms with E-state index < -0.39 is 0 Å². The lowest BCUT2D eigenvalue weighted by Gasteiger charge is -2.16. The third-order valence-corrected chi connectivity index (χ3v) is 4.79. The highest BCUT2D eigenvalue weighted by molar-refractivity contribution is 8.01. The van der Waals surface area contributed by atoms with E-state index in [0.717, 1.165) is 21.6 Å². The van der Waals surface area contributed by atoms with Crippen molar-refractivity contribution < 1.29 is 9.18 Å². The zero-order valence-corrected chi connectivity index (χ0v) is 14.0. The highest BCUT2D eigenvalue weighted by Gasteiger charge is 2.12. The standard InChI is InChI=1S/C14H17FN4OS2/c1-3-16-13-17-18-14(22-13)21-9-12(20)19(2)8-10-5-4-6-11(15)7-10/h4-7H,3,8-9H2,1-2H3,(H,16,17). The Hall–Kier alpha value is -1.67. The van der Waals surface area contributed by atoms with Crippen molar-refractivity contribution in [3.05, 3.63) is 35.6 Å². The van der Waals surface area contributed by atoms with E-state index in [1.807, 2.05) is 6.92 Å². The maximum absolute atomic E-state index is 13.1. The summed E-state index contributed by atoms with van der Waals surface area (Å²) in [6.07, 6.45) is 0. The highest BCUT2D eigenvalue weighted by atomic mass is 32.2. The topological polar surface area (TPSA) is 58.1 Å². The van der Waals surface area contributed by atoms with Crippen LogP contribution in [0.2, 0.25) is 0 Å². The molecule has 1 amide bonds. The highest BCUT2D eigenvalue weighted by Crippen LogP contribution is 2.25. The maximum atomic E-state index is 13.1. The van der Waals surface area contributed by atoms with Crippen LogP contribution in [0, 0.1) is 5.82 Å². The fourth-order valence-electron chi connectivity index (χ4n) is 1.72. The molecule has 0 fully saturated rings. The molecule has 2 rings (SSSR count). The first-order valence-corrected chi connectivity index (χ1v) is 8.57. The van der Waals surface area contributed by atoms with Crippen LogP contribution in [0.4, 0.5) is 9.52 Å². The molecule has 0 aliphatic heterocycles. The molecule has 22 heavy (non-hydrogen) atoms. The number of benzene rings is 1. The number of nitrogens with zero attached hydrogens (tertiary/aromatic N) is 3. The second-order valence-corrected chi connectivity index (χ2v) is 6.77. The SMILES string of the molecule is CCNc1nnc(SCC(=O)N(C)Cc2cccc(F)c2)s1. The van der Waals surface area contributed by atoms with E-state index in [0.29, 0.717) is 6.54 Å². The smallest absolute Gasteiger partial charge is 0.233 e. The predicted octanol–water partition coefficient (Wildman–Crippen LogP) is 2.86. The molecule has 5 nitrogen and oxygen atoms in total. The fraction of sp³-hybridized carbons (Fsp3) is 0.357. The molecule has 1 aromatic carbocycles. The number of carbonyl (C=O) groups excluding carboxylic acids is 1. The minimum atomic E-state index is -0.294. The van der Waals surface area contributed by atoms with Gasteiger partial charge in [-0.1, -0.05) is 35.2 Å². The summed E-state index contributed by atoms with van der Waals surface area (Å²) in [5.41, 5.74) is 0.770. The molecule has 0 saturated carbocycles. The second-order valence-electron chi connectivity index (χ2n) is 4.57. The lowest BCUT2D eigenvalue weighted by molar-refractivity contribution is -0.127. The van der Waals surface area contributed by atoms with Crippen molar-refractivity contribution in [1.82, 2.24) is 15.1 Å². The van der Waals surface area contributed by atoms with Crippen LogP contribution in [0.1, 0.15) is 12.5 Å². The first-order chi connectivity index (χ1) is 10.6. The lowest BCUT2D eigenvalue weighted by Crippen LogP contribution is -2.27.